The van der Waals surface area contributed by atoms with Crippen LogP contribution in [0.1, 0.15) is 169 Å². The molecule has 0 bridgehead atoms. The van der Waals surface area contributed by atoms with E-state index in [4.69, 9.17) is 9.05 Å². The second kappa shape index (κ2) is 25.7. The first kappa shape index (κ1) is 35.1. The Morgan fingerprint density at radius 3 is 0.943 bits per heavy atom. The molecule has 0 aliphatic carbocycles. The van der Waals surface area contributed by atoms with Crippen molar-refractivity contribution in [3.63, 3.8) is 0 Å². The van der Waals surface area contributed by atoms with E-state index in [-0.39, 0.29) is 0 Å². The van der Waals surface area contributed by atoms with E-state index in [1.807, 2.05) is 0 Å². The molecule has 0 rings (SSSR count). The van der Waals surface area contributed by atoms with Crippen LogP contribution in [0.3, 0.4) is 0 Å². The molecule has 0 saturated heterocycles. The highest BCUT2D eigenvalue weighted by Gasteiger charge is 2.19. The van der Waals surface area contributed by atoms with Gasteiger partial charge in [0.05, 0.1) is 13.2 Å². The standard InChI is InChI=1S/C30H63O4P/c1-29(2)25-21-17-13-9-5-7-11-15-19-23-27-33-35(31,32)34-28-24-20-16-12-8-6-10-14-18-22-26-30(3)4/h29-30H,5-28H2,1-4H3,(H,31,32). The van der Waals surface area contributed by atoms with E-state index in [2.05, 4.69) is 27.7 Å². The van der Waals surface area contributed by atoms with Crippen LogP contribution in [0.5, 0.6) is 0 Å². The van der Waals surface area contributed by atoms with Gasteiger partial charge >= 0.3 is 7.82 Å². The molecule has 1 N–H and O–H groups in total. The van der Waals surface area contributed by atoms with E-state index in [9.17, 15) is 9.46 Å². The van der Waals surface area contributed by atoms with Gasteiger partial charge in [-0.2, -0.15) is 0 Å². The van der Waals surface area contributed by atoms with Crippen LogP contribution in [-0.2, 0) is 13.6 Å². The van der Waals surface area contributed by atoms with Crippen molar-refractivity contribution in [2.75, 3.05) is 13.2 Å². The third-order valence-electron chi connectivity index (χ3n) is 6.86. The van der Waals surface area contributed by atoms with Gasteiger partial charge in [-0.15, -0.1) is 0 Å². The van der Waals surface area contributed by atoms with Crippen molar-refractivity contribution >= 4 is 7.82 Å². The third-order valence-corrected chi connectivity index (χ3v) is 7.88. The maximum atomic E-state index is 12.0. The molecule has 0 atom stereocenters. The first-order chi connectivity index (χ1) is 16.8. The van der Waals surface area contributed by atoms with Crippen LogP contribution < -0.4 is 0 Å². The van der Waals surface area contributed by atoms with Gasteiger partial charge < -0.3 is 4.89 Å². The Morgan fingerprint density at radius 2 is 0.686 bits per heavy atom. The average molecular weight is 519 g/mol. The summed E-state index contributed by atoms with van der Waals surface area (Å²) in [4.78, 5) is 9.81. The van der Waals surface area contributed by atoms with Crippen LogP contribution in [-0.4, -0.2) is 18.1 Å². The lowest BCUT2D eigenvalue weighted by Crippen LogP contribution is -1.99. The molecule has 0 aromatic carbocycles. The Labute approximate surface area is 220 Å². The number of phosphoric acid groups is 1. The zero-order chi connectivity index (χ0) is 26.0. The zero-order valence-corrected chi connectivity index (χ0v) is 25.1. The fourth-order valence-electron chi connectivity index (χ4n) is 4.53. The van der Waals surface area contributed by atoms with Gasteiger partial charge in [0.15, 0.2) is 0 Å². The molecule has 0 saturated carbocycles. The molecule has 0 amide bonds. The predicted molar refractivity (Wildman–Crippen MR) is 153 cm³/mol. The van der Waals surface area contributed by atoms with Crippen molar-refractivity contribution < 1.29 is 18.5 Å². The van der Waals surface area contributed by atoms with Crippen LogP contribution in [0.2, 0.25) is 0 Å². The van der Waals surface area contributed by atoms with Crippen LogP contribution in [0.25, 0.3) is 0 Å². The molecule has 4 nitrogen and oxygen atoms in total. The zero-order valence-electron chi connectivity index (χ0n) is 24.2. The van der Waals surface area contributed by atoms with Crippen LogP contribution >= 0.6 is 7.82 Å². The Kier molecular flexibility index (Phi) is 25.8. The van der Waals surface area contributed by atoms with Crippen LogP contribution in [0, 0.1) is 11.8 Å². The number of hydrogen-bond acceptors (Lipinski definition) is 3. The Bertz CT molecular complexity index is 429. The molecule has 0 radical (unpaired) electrons. The topological polar surface area (TPSA) is 55.8 Å². The summed E-state index contributed by atoms with van der Waals surface area (Å²) in [5.41, 5.74) is 0. The SMILES string of the molecule is CC(C)CCCCCCCCCCCCOP(=O)(O)OCCCCCCCCCCCCC(C)C. The molecule has 0 heterocycles. The molecule has 0 aliphatic heterocycles. The van der Waals surface area contributed by atoms with Crippen molar-refractivity contribution in [3.8, 4) is 0 Å². The summed E-state index contributed by atoms with van der Waals surface area (Å²) in [6, 6.07) is 0. The minimum absolute atomic E-state index is 0.321. The summed E-state index contributed by atoms with van der Waals surface area (Å²) < 4.78 is 22.2. The summed E-state index contributed by atoms with van der Waals surface area (Å²) in [6.07, 6.45) is 27.8. The summed E-state index contributed by atoms with van der Waals surface area (Å²) in [5.74, 6) is 1.68. The van der Waals surface area contributed by atoms with Gasteiger partial charge in [-0.05, 0) is 24.7 Å². The molecule has 0 spiro atoms. The van der Waals surface area contributed by atoms with Crippen molar-refractivity contribution in [3.05, 3.63) is 0 Å². The van der Waals surface area contributed by atoms with E-state index in [0.29, 0.717) is 13.2 Å². The minimum atomic E-state index is -3.87. The lowest BCUT2D eigenvalue weighted by atomic mass is 10.0. The Balaban J connectivity index is 3.31. The lowest BCUT2D eigenvalue weighted by Gasteiger charge is -2.12. The third kappa shape index (κ3) is 30.2. The van der Waals surface area contributed by atoms with Crippen molar-refractivity contribution in [2.24, 2.45) is 11.8 Å². The first-order valence-electron chi connectivity index (χ1n) is 15.5. The second-order valence-electron chi connectivity index (χ2n) is 11.6. The van der Waals surface area contributed by atoms with Crippen molar-refractivity contribution in [2.45, 2.75) is 169 Å². The summed E-state index contributed by atoms with van der Waals surface area (Å²) in [6.45, 7) is 9.86. The van der Waals surface area contributed by atoms with Gasteiger partial charge in [0, 0.05) is 0 Å². The Hall–Kier alpha value is 0.110. The quantitative estimate of drug-likeness (QED) is 0.0826. The molecule has 5 heteroatoms. The average Bonchev–Trinajstić information content (AvgIpc) is 2.79. The molecule has 0 aromatic heterocycles. The van der Waals surface area contributed by atoms with E-state index in [1.54, 1.807) is 0 Å². The number of rotatable bonds is 28. The lowest BCUT2D eigenvalue weighted by molar-refractivity contribution is 0.145. The fourth-order valence-corrected chi connectivity index (χ4v) is 5.33. The van der Waals surface area contributed by atoms with E-state index in [0.717, 1.165) is 37.5 Å². The van der Waals surface area contributed by atoms with Gasteiger partial charge in [0.2, 0.25) is 0 Å². The van der Waals surface area contributed by atoms with Crippen LogP contribution in [0.15, 0.2) is 0 Å². The molecule has 212 valence electrons. The number of phosphoric ester groups is 1. The van der Waals surface area contributed by atoms with E-state index >= 15 is 0 Å². The van der Waals surface area contributed by atoms with Gasteiger partial charge in [0.25, 0.3) is 0 Å². The van der Waals surface area contributed by atoms with E-state index in [1.165, 1.54) is 116 Å². The predicted octanol–water partition coefficient (Wildman–Crippen LogP) is 11.0. The molecular weight excluding hydrogens is 455 g/mol. The molecule has 0 unspecified atom stereocenters. The fraction of sp³-hybridized carbons (Fsp3) is 1.00. The molecule has 0 aliphatic rings. The summed E-state index contributed by atoms with van der Waals surface area (Å²) in [7, 11) is -3.87. The van der Waals surface area contributed by atoms with Crippen LogP contribution in [0.4, 0.5) is 0 Å². The highest BCUT2D eigenvalue weighted by atomic mass is 31.2. The maximum absolute atomic E-state index is 12.0. The maximum Gasteiger partial charge on any atom is 0.472 e. The largest absolute Gasteiger partial charge is 0.472 e. The number of unbranched alkanes of at least 4 members (excludes halogenated alkanes) is 18. The van der Waals surface area contributed by atoms with E-state index < -0.39 is 7.82 Å². The molecule has 0 aromatic rings. The summed E-state index contributed by atoms with van der Waals surface area (Å²) >= 11 is 0. The smallest absolute Gasteiger partial charge is 0.302 e. The highest BCUT2D eigenvalue weighted by Crippen LogP contribution is 2.43. The second-order valence-corrected chi connectivity index (χ2v) is 13.0. The van der Waals surface area contributed by atoms with Gasteiger partial charge in [-0.1, -0.05) is 156 Å². The van der Waals surface area contributed by atoms with Gasteiger partial charge in [-0.25, -0.2) is 4.57 Å². The molecule has 35 heavy (non-hydrogen) atoms. The molecule has 0 fully saturated rings. The highest BCUT2D eigenvalue weighted by molar-refractivity contribution is 7.47. The summed E-state index contributed by atoms with van der Waals surface area (Å²) in [5, 5.41) is 0. The minimum Gasteiger partial charge on any atom is -0.302 e. The Morgan fingerprint density at radius 1 is 0.457 bits per heavy atom. The normalized spacial score (nSPS) is 12.3. The first-order valence-corrected chi connectivity index (χ1v) is 16.9. The van der Waals surface area contributed by atoms with Crippen molar-refractivity contribution in [1.82, 2.24) is 0 Å². The van der Waals surface area contributed by atoms with Gasteiger partial charge in [-0.3, -0.25) is 9.05 Å². The molecular formula is C30H63O4P. The number of hydrogen-bond donors (Lipinski definition) is 1. The van der Waals surface area contributed by atoms with Crippen molar-refractivity contribution in [1.29, 1.82) is 0 Å². The van der Waals surface area contributed by atoms with Gasteiger partial charge in [0.1, 0.15) is 0 Å². The monoisotopic (exact) mass is 518 g/mol.